The van der Waals surface area contributed by atoms with Crippen LogP contribution in [-0.4, -0.2) is 46.8 Å². The summed E-state index contributed by atoms with van der Waals surface area (Å²) in [6, 6.07) is 6.95. The van der Waals surface area contributed by atoms with Gasteiger partial charge >= 0.3 is 5.97 Å². The first kappa shape index (κ1) is 21.6. The SMILES string of the molecule is COC(=O)c1c(C)[nH]c(C(=O)Nc2cnn(CC(=O)Nc3ccc(OC)cc3)c2)c1C. The van der Waals surface area contributed by atoms with Crippen LogP contribution in [-0.2, 0) is 16.1 Å². The number of aromatic amines is 1. The van der Waals surface area contributed by atoms with Crippen LogP contribution in [0, 0.1) is 13.8 Å². The highest BCUT2D eigenvalue weighted by Crippen LogP contribution is 2.20. The summed E-state index contributed by atoms with van der Waals surface area (Å²) in [7, 11) is 2.85. The summed E-state index contributed by atoms with van der Waals surface area (Å²) in [5.41, 5.74) is 2.66. The standard InChI is InChI=1S/C21H23N5O5/c1-12-18(21(29)31-4)13(2)23-19(12)20(28)25-15-9-22-26(10-15)11-17(27)24-14-5-7-16(30-3)8-6-14/h5-10,23H,11H2,1-4H3,(H,24,27)(H,25,28). The van der Waals surface area contributed by atoms with Gasteiger partial charge in [-0.3, -0.25) is 14.3 Å². The van der Waals surface area contributed by atoms with Gasteiger partial charge in [0.25, 0.3) is 5.91 Å². The number of ether oxygens (including phenoxy) is 2. The number of nitrogens with zero attached hydrogens (tertiary/aromatic N) is 2. The van der Waals surface area contributed by atoms with Crippen LogP contribution in [0.5, 0.6) is 5.75 Å². The minimum absolute atomic E-state index is 0.0327. The summed E-state index contributed by atoms with van der Waals surface area (Å²) in [5, 5.41) is 9.56. The zero-order chi connectivity index (χ0) is 22.5. The van der Waals surface area contributed by atoms with E-state index in [1.807, 2.05) is 0 Å². The highest BCUT2D eigenvalue weighted by Gasteiger charge is 2.22. The largest absolute Gasteiger partial charge is 0.497 e. The Morgan fingerprint density at radius 3 is 2.42 bits per heavy atom. The zero-order valence-electron chi connectivity index (χ0n) is 17.6. The number of rotatable bonds is 7. The lowest BCUT2D eigenvalue weighted by atomic mass is 10.1. The Bertz CT molecular complexity index is 1110. The molecule has 10 nitrogen and oxygen atoms in total. The highest BCUT2D eigenvalue weighted by molar-refractivity contribution is 6.06. The third-order valence-electron chi connectivity index (χ3n) is 4.62. The fraction of sp³-hybridized carbons (Fsp3) is 0.238. The first-order chi connectivity index (χ1) is 14.8. The number of esters is 1. The highest BCUT2D eigenvalue weighted by atomic mass is 16.5. The number of carbonyl (C=O) groups excluding carboxylic acids is 3. The molecule has 0 bridgehead atoms. The molecule has 162 valence electrons. The number of amides is 2. The fourth-order valence-corrected chi connectivity index (χ4v) is 3.12. The van der Waals surface area contributed by atoms with Gasteiger partial charge in [0.2, 0.25) is 5.91 Å². The lowest BCUT2D eigenvalue weighted by Gasteiger charge is -2.06. The van der Waals surface area contributed by atoms with E-state index in [4.69, 9.17) is 9.47 Å². The molecule has 3 aromatic rings. The van der Waals surface area contributed by atoms with Crippen molar-refractivity contribution in [2.24, 2.45) is 0 Å². The average molecular weight is 425 g/mol. The molecule has 0 saturated heterocycles. The van der Waals surface area contributed by atoms with Crippen LogP contribution >= 0.6 is 0 Å². The minimum Gasteiger partial charge on any atom is -0.497 e. The van der Waals surface area contributed by atoms with Crippen LogP contribution in [0.4, 0.5) is 11.4 Å². The van der Waals surface area contributed by atoms with Crippen LogP contribution < -0.4 is 15.4 Å². The van der Waals surface area contributed by atoms with E-state index in [0.29, 0.717) is 33.9 Å². The Kier molecular flexibility index (Phi) is 6.39. The summed E-state index contributed by atoms with van der Waals surface area (Å²) in [6.45, 7) is 3.32. The number of hydrogen-bond donors (Lipinski definition) is 3. The van der Waals surface area contributed by atoms with Crippen LogP contribution in [0.1, 0.15) is 32.1 Å². The second-order valence-electron chi connectivity index (χ2n) is 6.77. The van der Waals surface area contributed by atoms with Crippen molar-refractivity contribution in [1.29, 1.82) is 0 Å². The average Bonchev–Trinajstić information content (AvgIpc) is 3.30. The van der Waals surface area contributed by atoms with E-state index >= 15 is 0 Å². The monoisotopic (exact) mass is 425 g/mol. The number of carbonyl (C=O) groups is 3. The Hall–Kier alpha value is -4.08. The van der Waals surface area contributed by atoms with Gasteiger partial charge in [0.05, 0.1) is 31.7 Å². The third-order valence-corrected chi connectivity index (χ3v) is 4.62. The molecule has 1 aromatic carbocycles. The molecule has 0 saturated carbocycles. The number of H-pyrrole nitrogens is 1. The van der Waals surface area contributed by atoms with Crippen LogP contribution in [0.15, 0.2) is 36.7 Å². The van der Waals surface area contributed by atoms with E-state index in [0.717, 1.165) is 0 Å². The number of anilines is 2. The predicted molar refractivity (Wildman–Crippen MR) is 113 cm³/mol. The molecule has 0 spiro atoms. The molecule has 0 aliphatic rings. The Morgan fingerprint density at radius 2 is 1.77 bits per heavy atom. The molecule has 0 unspecified atom stereocenters. The van der Waals surface area contributed by atoms with Crippen LogP contribution in [0.3, 0.4) is 0 Å². The number of aromatic nitrogens is 3. The molecule has 3 N–H and O–H groups in total. The minimum atomic E-state index is -0.513. The maximum absolute atomic E-state index is 12.6. The van der Waals surface area contributed by atoms with Crippen molar-refractivity contribution in [2.45, 2.75) is 20.4 Å². The number of nitrogens with one attached hydrogen (secondary N) is 3. The molecule has 2 heterocycles. The summed E-state index contributed by atoms with van der Waals surface area (Å²) >= 11 is 0. The van der Waals surface area contributed by atoms with E-state index in [1.54, 1.807) is 45.2 Å². The maximum Gasteiger partial charge on any atom is 0.339 e. The molecule has 3 rings (SSSR count). The fourth-order valence-electron chi connectivity index (χ4n) is 3.12. The smallest absolute Gasteiger partial charge is 0.339 e. The lowest BCUT2D eigenvalue weighted by Crippen LogP contribution is -2.19. The first-order valence-electron chi connectivity index (χ1n) is 9.37. The maximum atomic E-state index is 12.6. The van der Waals surface area contributed by atoms with E-state index in [2.05, 4.69) is 20.7 Å². The zero-order valence-corrected chi connectivity index (χ0v) is 17.6. The van der Waals surface area contributed by atoms with Crippen molar-refractivity contribution in [3.05, 3.63) is 59.2 Å². The Balaban J connectivity index is 1.62. The van der Waals surface area contributed by atoms with Gasteiger partial charge in [0.15, 0.2) is 0 Å². The van der Waals surface area contributed by atoms with Crippen molar-refractivity contribution in [2.75, 3.05) is 24.9 Å². The number of aryl methyl sites for hydroxylation is 1. The van der Waals surface area contributed by atoms with Gasteiger partial charge < -0.3 is 25.1 Å². The van der Waals surface area contributed by atoms with Crippen molar-refractivity contribution >= 4 is 29.2 Å². The molecular formula is C21H23N5O5. The topological polar surface area (TPSA) is 127 Å². The molecule has 0 aliphatic carbocycles. The van der Waals surface area contributed by atoms with Crippen molar-refractivity contribution < 1.29 is 23.9 Å². The first-order valence-corrected chi connectivity index (χ1v) is 9.37. The molecule has 2 aromatic heterocycles. The van der Waals surface area contributed by atoms with Gasteiger partial charge in [-0.25, -0.2) is 4.79 Å². The van der Waals surface area contributed by atoms with Gasteiger partial charge in [-0.2, -0.15) is 5.10 Å². The molecule has 2 amide bonds. The van der Waals surface area contributed by atoms with Crippen molar-refractivity contribution in [1.82, 2.24) is 14.8 Å². The lowest BCUT2D eigenvalue weighted by molar-refractivity contribution is -0.116. The normalized spacial score (nSPS) is 10.5. The van der Waals surface area contributed by atoms with Crippen LogP contribution in [0.25, 0.3) is 0 Å². The molecule has 10 heteroatoms. The van der Waals surface area contributed by atoms with Gasteiger partial charge in [0, 0.05) is 17.6 Å². The molecular weight excluding hydrogens is 402 g/mol. The summed E-state index contributed by atoms with van der Waals surface area (Å²) in [6.07, 6.45) is 2.97. The number of hydrogen-bond acceptors (Lipinski definition) is 6. The van der Waals surface area contributed by atoms with Gasteiger partial charge in [-0.05, 0) is 43.7 Å². The predicted octanol–water partition coefficient (Wildman–Crippen LogP) is 2.51. The van der Waals surface area contributed by atoms with Crippen LogP contribution in [0.2, 0.25) is 0 Å². The van der Waals surface area contributed by atoms with E-state index < -0.39 is 11.9 Å². The molecule has 0 fully saturated rings. The van der Waals surface area contributed by atoms with E-state index in [9.17, 15) is 14.4 Å². The van der Waals surface area contributed by atoms with Gasteiger partial charge in [0.1, 0.15) is 18.0 Å². The van der Waals surface area contributed by atoms with Crippen molar-refractivity contribution in [3.63, 3.8) is 0 Å². The number of benzene rings is 1. The van der Waals surface area contributed by atoms with Crippen molar-refractivity contribution in [3.8, 4) is 5.75 Å². The van der Waals surface area contributed by atoms with Gasteiger partial charge in [-0.1, -0.05) is 0 Å². The van der Waals surface area contributed by atoms with E-state index in [-0.39, 0.29) is 18.1 Å². The van der Waals surface area contributed by atoms with Gasteiger partial charge in [-0.15, -0.1) is 0 Å². The Morgan fingerprint density at radius 1 is 1.06 bits per heavy atom. The second kappa shape index (κ2) is 9.16. The quantitative estimate of drug-likeness (QED) is 0.499. The molecule has 31 heavy (non-hydrogen) atoms. The summed E-state index contributed by atoms with van der Waals surface area (Å²) < 4.78 is 11.2. The second-order valence-corrected chi connectivity index (χ2v) is 6.77. The Labute approximate surface area is 178 Å². The molecule has 0 atom stereocenters. The van der Waals surface area contributed by atoms with E-state index in [1.165, 1.54) is 24.2 Å². The molecule has 0 radical (unpaired) electrons. The third kappa shape index (κ3) is 4.92. The summed E-state index contributed by atoms with van der Waals surface area (Å²) in [5.74, 6) is -0.527. The summed E-state index contributed by atoms with van der Waals surface area (Å²) in [4.78, 5) is 39.6. The molecule has 0 aliphatic heterocycles. The number of methoxy groups -OCH3 is 2.